The molecule has 2 aliphatic rings. The third-order valence-corrected chi connectivity index (χ3v) is 8.62. The molecule has 1 heterocycles. The van der Waals surface area contributed by atoms with Crippen LogP contribution in [0, 0.1) is 22.7 Å². The summed E-state index contributed by atoms with van der Waals surface area (Å²) in [6.07, 6.45) is 14.1. The van der Waals surface area contributed by atoms with Gasteiger partial charge < -0.3 is 8.97 Å². The summed E-state index contributed by atoms with van der Waals surface area (Å²) in [5.74, 6) is 0.665. The van der Waals surface area contributed by atoms with E-state index < -0.39 is 10.4 Å². The molecule has 1 aromatic rings. The van der Waals surface area contributed by atoms with Crippen molar-refractivity contribution in [3.05, 3.63) is 35.3 Å². The summed E-state index contributed by atoms with van der Waals surface area (Å²) >= 11 is 0. The topological polar surface area (TPSA) is 79.6 Å². The molecule has 32 heavy (non-hydrogen) atoms. The van der Waals surface area contributed by atoms with Gasteiger partial charge in [0.25, 0.3) is 0 Å². The van der Waals surface area contributed by atoms with Gasteiger partial charge in [-0.15, -0.1) is 0 Å². The molecule has 0 bridgehead atoms. The Balaban J connectivity index is 0.00000363. The van der Waals surface area contributed by atoms with E-state index in [0.29, 0.717) is 11.3 Å². The Bertz CT molecular complexity index is 859. The standard InChI is InChI=1S/C25H40O5S.Na/c1-19-10-11-22-23(9-6-14-24(22,2)3)25(19,4)15-12-20(18-30-31(26,27)28)7-5-8-21-13-16-29-17-21;/h13,16-17,19-20H,5-12,14-15,18H2,1-4H3,(H,26,27,28);/q;+1/p-1/t19-,20+,25+;/m1./s1. The quantitative estimate of drug-likeness (QED) is 0.225. The van der Waals surface area contributed by atoms with Gasteiger partial charge in [0.15, 0.2) is 0 Å². The minimum Gasteiger partial charge on any atom is -0.726 e. The maximum absolute atomic E-state index is 11.1. The number of hydrogen-bond donors (Lipinski definition) is 0. The van der Waals surface area contributed by atoms with Crippen LogP contribution < -0.4 is 29.6 Å². The minimum atomic E-state index is -4.67. The SMILES string of the molecule is C[C@@H]1CCC2=C(CCCC2(C)C)[C@@]1(C)CC[C@H](CCCc1ccoc1)COS(=O)(=O)[O-].[Na+]. The van der Waals surface area contributed by atoms with Gasteiger partial charge in [-0.1, -0.05) is 38.8 Å². The average Bonchev–Trinajstić information content (AvgIpc) is 3.19. The Hall–Kier alpha value is -0.110. The molecule has 7 heteroatoms. The number of rotatable bonds is 10. The van der Waals surface area contributed by atoms with Gasteiger partial charge in [-0.25, -0.2) is 8.42 Å². The Morgan fingerprint density at radius 2 is 1.97 bits per heavy atom. The van der Waals surface area contributed by atoms with E-state index in [0.717, 1.165) is 37.7 Å². The van der Waals surface area contributed by atoms with Gasteiger partial charge in [-0.05, 0) is 98.5 Å². The van der Waals surface area contributed by atoms with Gasteiger partial charge in [0.05, 0.1) is 19.1 Å². The van der Waals surface area contributed by atoms with E-state index in [1.807, 2.05) is 6.07 Å². The van der Waals surface area contributed by atoms with Crippen molar-refractivity contribution in [2.45, 2.75) is 91.9 Å². The van der Waals surface area contributed by atoms with Gasteiger partial charge in [0.2, 0.25) is 10.4 Å². The third-order valence-electron chi connectivity index (χ3n) is 8.19. The fraction of sp³-hybridized carbons (Fsp3) is 0.760. The minimum absolute atomic E-state index is 0. The van der Waals surface area contributed by atoms with E-state index >= 15 is 0 Å². The van der Waals surface area contributed by atoms with Gasteiger partial charge >= 0.3 is 29.6 Å². The number of hydrogen-bond acceptors (Lipinski definition) is 5. The Morgan fingerprint density at radius 3 is 2.62 bits per heavy atom. The summed E-state index contributed by atoms with van der Waals surface area (Å²) < 4.78 is 43.1. The first kappa shape index (κ1) is 28.1. The maximum Gasteiger partial charge on any atom is 1.00 e. The molecular weight excluding hydrogens is 435 g/mol. The molecule has 0 fully saturated rings. The van der Waals surface area contributed by atoms with Crippen LogP contribution in [0.2, 0.25) is 0 Å². The monoisotopic (exact) mass is 474 g/mol. The van der Waals surface area contributed by atoms with E-state index in [1.165, 1.54) is 32.1 Å². The zero-order valence-corrected chi connectivity index (χ0v) is 23.4. The summed E-state index contributed by atoms with van der Waals surface area (Å²) in [6, 6.07) is 1.96. The van der Waals surface area contributed by atoms with Crippen LogP contribution in [0.5, 0.6) is 0 Å². The predicted molar refractivity (Wildman–Crippen MR) is 121 cm³/mol. The van der Waals surface area contributed by atoms with Crippen LogP contribution in [-0.2, 0) is 21.0 Å². The normalized spacial score (nSPS) is 26.3. The van der Waals surface area contributed by atoms with Crippen LogP contribution in [0.1, 0.15) is 91.0 Å². The van der Waals surface area contributed by atoms with Crippen LogP contribution in [0.25, 0.3) is 0 Å². The van der Waals surface area contributed by atoms with Crippen LogP contribution in [0.4, 0.5) is 0 Å². The molecule has 0 radical (unpaired) electrons. The third kappa shape index (κ3) is 7.19. The molecule has 0 aromatic carbocycles. The van der Waals surface area contributed by atoms with Crippen molar-refractivity contribution >= 4 is 10.4 Å². The number of allylic oxidation sites excluding steroid dienone is 2. The first-order valence-electron chi connectivity index (χ1n) is 11.9. The molecule has 3 atom stereocenters. The molecule has 5 nitrogen and oxygen atoms in total. The largest absolute Gasteiger partial charge is 1.00 e. The van der Waals surface area contributed by atoms with E-state index in [4.69, 9.17) is 8.60 Å². The molecule has 0 amide bonds. The zero-order valence-electron chi connectivity index (χ0n) is 20.6. The average molecular weight is 475 g/mol. The fourth-order valence-corrected chi connectivity index (χ4v) is 6.29. The molecule has 3 rings (SSSR count). The van der Waals surface area contributed by atoms with E-state index in [9.17, 15) is 13.0 Å². The molecule has 176 valence electrons. The molecule has 0 aliphatic heterocycles. The second-order valence-electron chi connectivity index (χ2n) is 10.7. The molecule has 0 N–H and O–H groups in total. The molecule has 2 aliphatic carbocycles. The van der Waals surface area contributed by atoms with Gasteiger partial charge in [-0.2, -0.15) is 0 Å². The zero-order chi connectivity index (χ0) is 22.7. The fourth-order valence-electron chi connectivity index (χ4n) is 5.94. The second kappa shape index (κ2) is 11.5. The van der Waals surface area contributed by atoms with E-state index in [-0.39, 0.29) is 47.5 Å². The van der Waals surface area contributed by atoms with Crippen LogP contribution in [-0.4, -0.2) is 19.6 Å². The maximum atomic E-state index is 11.1. The van der Waals surface area contributed by atoms with Crippen molar-refractivity contribution in [1.82, 2.24) is 0 Å². The van der Waals surface area contributed by atoms with Gasteiger partial charge in [0.1, 0.15) is 0 Å². The van der Waals surface area contributed by atoms with Crippen molar-refractivity contribution < 1.29 is 51.1 Å². The van der Waals surface area contributed by atoms with Crippen LogP contribution in [0.15, 0.2) is 34.2 Å². The summed E-state index contributed by atoms with van der Waals surface area (Å²) in [6.45, 7) is 9.56. The number of aryl methyl sites for hydroxylation is 1. The molecule has 0 unspecified atom stereocenters. The Morgan fingerprint density at radius 1 is 1.22 bits per heavy atom. The van der Waals surface area contributed by atoms with Crippen molar-refractivity contribution in [2.75, 3.05) is 6.61 Å². The summed E-state index contributed by atoms with van der Waals surface area (Å²) in [4.78, 5) is 0. The van der Waals surface area contributed by atoms with E-state index in [1.54, 1.807) is 23.7 Å². The summed E-state index contributed by atoms with van der Waals surface area (Å²) in [5, 5.41) is 0. The van der Waals surface area contributed by atoms with E-state index in [2.05, 4.69) is 27.7 Å². The predicted octanol–water partition coefficient (Wildman–Crippen LogP) is 3.42. The van der Waals surface area contributed by atoms with Crippen molar-refractivity contribution in [1.29, 1.82) is 0 Å². The molecule has 1 aromatic heterocycles. The summed E-state index contributed by atoms with van der Waals surface area (Å²) in [5.41, 5.74) is 4.91. The van der Waals surface area contributed by atoms with Crippen LogP contribution in [0.3, 0.4) is 0 Å². The molecule has 0 saturated heterocycles. The van der Waals surface area contributed by atoms with Gasteiger partial charge in [0, 0.05) is 0 Å². The van der Waals surface area contributed by atoms with Crippen molar-refractivity contribution in [2.24, 2.45) is 22.7 Å². The van der Waals surface area contributed by atoms with Crippen molar-refractivity contribution in [3.63, 3.8) is 0 Å². The number of furan rings is 1. The summed E-state index contributed by atoms with van der Waals surface area (Å²) in [7, 11) is -4.67. The second-order valence-corrected chi connectivity index (χ2v) is 11.7. The van der Waals surface area contributed by atoms with Crippen LogP contribution >= 0.6 is 0 Å². The van der Waals surface area contributed by atoms with Gasteiger partial charge in [-0.3, -0.25) is 4.18 Å². The smallest absolute Gasteiger partial charge is 0.726 e. The van der Waals surface area contributed by atoms with Crippen molar-refractivity contribution in [3.8, 4) is 0 Å². The Kier molecular flexibility index (Phi) is 10.1. The molecule has 0 saturated carbocycles. The molecular formula is C25H39NaO5S. The Labute approximate surface area is 217 Å². The molecule has 0 spiro atoms. The first-order valence-corrected chi connectivity index (χ1v) is 13.2. The first-order chi connectivity index (χ1) is 14.5.